The van der Waals surface area contributed by atoms with Crippen LogP contribution in [0.5, 0.6) is 0 Å². The Hall–Kier alpha value is -2.72. The molecule has 0 N–H and O–H groups in total. The molecule has 4 rings (SSSR count). The quantitative estimate of drug-likeness (QED) is 0.414. The molecular weight excluding hydrogens is 448 g/mol. The van der Waals surface area contributed by atoms with Crippen molar-refractivity contribution in [3.8, 4) is 5.82 Å². The Morgan fingerprint density at radius 3 is 2.66 bits per heavy atom. The van der Waals surface area contributed by atoms with Crippen molar-refractivity contribution < 1.29 is 13.2 Å². The van der Waals surface area contributed by atoms with E-state index in [0.29, 0.717) is 28.3 Å². The number of hydrogen-bond acceptors (Lipinski definition) is 7. The fourth-order valence-corrected chi connectivity index (χ4v) is 6.53. The highest BCUT2D eigenvalue weighted by Gasteiger charge is 2.34. The maximum atomic E-state index is 13.3. The lowest BCUT2D eigenvalue weighted by Gasteiger charge is -2.26. The molecule has 8 nitrogen and oxygen atoms in total. The number of hydrogen-bond donors (Lipinski definition) is 0. The number of nitrogens with zero attached hydrogens (tertiary/aromatic N) is 4. The second kappa shape index (κ2) is 8.67. The molecule has 1 aliphatic heterocycles. The third-order valence-electron chi connectivity index (χ3n) is 5.60. The summed E-state index contributed by atoms with van der Waals surface area (Å²) in [6.45, 7) is 3.65. The Labute approximate surface area is 190 Å². The van der Waals surface area contributed by atoms with Gasteiger partial charge in [-0.05, 0) is 44.0 Å². The summed E-state index contributed by atoms with van der Waals surface area (Å²) in [7, 11) is -1.47. The second-order valence-corrected chi connectivity index (χ2v) is 11.5. The van der Waals surface area contributed by atoms with Crippen LogP contribution in [0.3, 0.4) is 0 Å². The molecule has 0 radical (unpaired) electrons. The molecule has 0 aliphatic carbocycles. The first kappa shape index (κ1) is 22.5. The van der Waals surface area contributed by atoms with E-state index in [-0.39, 0.29) is 29.0 Å². The van der Waals surface area contributed by atoms with Crippen LogP contribution in [0.2, 0.25) is 0 Å². The van der Waals surface area contributed by atoms with Crippen molar-refractivity contribution in [3.63, 3.8) is 0 Å². The smallest absolute Gasteiger partial charge is 0.267 e. The zero-order valence-corrected chi connectivity index (χ0v) is 19.7. The number of carbonyl (C=O) groups is 1. The van der Waals surface area contributed by atoms with Gasteiger partial charge in [-0.2, -0.15) is 0 Å². The zero-order chi connectivity index (χ0) is 23.0. The van der Waals surface area contributed by atoms with Gasteiger partial charge in [-0.25, -0.2) is 23.0 Å². The molecule has 0 bridgehead atoms. The van der Waals surface area contributed by atoms with Crippen molar-refractivity contribution in [2.75, 3.05) is 18.6 Å². The SMILES string of the molecule is Cc1ccc(-n2c(SC(C)C(=O)N(C)C3CCS(=O)(=O)C3)nc3ccccc3c2=O)nc1. The van der Waals surface area contributed by atoms with Crippen LogP contribution in [-0.2, 0) is 14.6 Å². The molecule has 10 heteroatoms. The minimum Gasteiger partial charge on any atom is -0.341 e. The van der Waals surface area contributed by atoms with Crippen molar-refractivity contribution in [3.05, 3.63) is 58.5 Å². The number of rotatable bonds is 5. The molecule has 2 aromatic heterocycles. The van der Waals surface area contributed by atoms with Gasteiger partial charge in [0.15, 0.2) is 15.0 Å². The highest BCUT2D eigenvalue weighted by Crippen LogP contribution is 2.27. The van der Waals surface area contributed by atoms with Gasteiger partial charge in [0.25, 0.3) is 5.56 Å². The molecule has 32 heavy (non-hydrogen) atoms. The van der Waals surface area contributed by atoms with Crippen LogP contribution in [0.1, 0.15) is 18.9 Å². The van der Waals surface area contributed by atoms with Gasteiger partial charge in [-0.1, -0.05) is 30.0 Å². The fourth-order valence-electron chi connectivity index (χ4n) is 3.74. The minimum absolute atomic E-state index is 0.0150. The molecule has 3 aromatic rings. The number of para-hydroxylation sites is 1. The molecule has 0 saturated carbocycles. The average molecular weight is 473 g/mol. The van der Waals surface area contributed by atoms with Crippen molar-refractivity contribution in [2.24, 2.45) is 0 Å². The summed E-state index contributed by atoms with van der Waals surface area (Å²) in [6, 6.07) is 10.3. The maximum absolute atomic E-state index is 13.3. The Morgan fingerprint density at radius 1 is 1.25 bits per heavy atom. The lowest BCUT2D eigenvalue weighted by atomic mass is 10.2. The van der Waals surface area contributed by atoms with Crippen LogP contribution < -0.4 is 5.56 Å². The average Bonchev–Trinajstić information content (AvgIpc) is 3.13. The zero-order valence-electron chi connectivity index (χ0n) is 18.1. The predicted molar refractivity (Wildman–Crippen MR) is 125 cm³/mol. The highest BCUT2D eigenvalue weighted by molar-refractivity contribution is 8.00. The number of pyridine rings is 1. The van der Waals surface area contributed by atoms with Gasteiger partial charge < -0.3 is 4.90 Å². The summed E-state index contributed by atoms with van der Waals surface area (Å²) >= 11 is 1.16. The van der Waals surface area contributed by atoms with Gasteiger partial charge in [0, 0.05) is 19.3 Å². The Kier molecular flexibility index (Phi) is 6.09. The first-order chi connectivity index (χ1) is 15.2. The number of fused-ring (bicyclic) bond motifs is 1. The van der Waals surface area contributed by atoms with E-state index in [4.69, 9.17) is 0 Å². The van der Waals surface area contributed by atoms with Crippen molar-refractivity contribution in [2.45, 2.75) is 36.7 Å². The highest BCUT2D eigenvalue weighted by atomic mass is 32.2. The third-order valence-corrected chi connectivity index (χ3v) is 8.39. The minimum atomic E-state index is -3.10. The molecule has 1 amide bonds. The van der Waals surface area contributed by atoms with Crippen LogP contribution >= 0.6 is 11.8 Å². The van der Waals surface area contributed by atoms with E-state index < -0.39 is 15.1 Å². The van der Waals surface area contributed by atoms with Gasteiger partial charge in [0.2, 0.25) is 5.91 Å². The van der Waals surface area contributed by atoms with E-state index in [0.717, 1.165) is 17.3 Å². The van der Waals surface area contributed by atoms with Gasteiger partial charge >= 0.3 is 0 Å². The molecule has 1 aliphatic rings. The Balaban J connectivity index is 1.70. The van der Waals surface area contributed by atoms with Crippen LogP contribution in [-0.4, -0.2) is 63.6 Å². The number of carbonyl (C=O) groups excluding carboxylic acids is 1. The number of amides is 1. The molecule has 3 heterocycles. The third kappa shape index (κ3) is 4.42. The topological polar surface area (TPSA) is 102 Å². The molecule has 0 spiro atoms. The molecule has 1 fully saturated rings. The second-order valence-electron chi connectivity index (χ2n) is 8.01. The summed E-state index contributed by atoms with van der Waals surface area (Å²) in [4.78, 5) is 36.9. The van der Waals surface area contributed by atoms with E-state index >= 15 is 0 Å². The number of benzene rings is 1. The van der Waals surface area contributed by atoms with Crippen LogP contribution in [0, 0.1) is 6.92 Å². The molecule has 1 aromatic carbocycles. The van der Waals surface area contributed by atoms with E-state index in [1.54, 1.807) is 50.5 Å². The summed E-state index contributed by atoms with van der Waals surface area (Å²) in [5.74, 6) is 0.305. The molecule has 168 valence electrons. The van der Waals surface area contributed by atoms with Gasteiger partial charge in [0.05, 0.1) is 27.7 Å². The van der Waals surface area contributed by atoms with E-state index in [2.05, 4.69) is 9.97 Å². The van der Waals surface area contributed by atoms with E-state index in [1.807, 2.05) is 13.0 Å². The summed E-state index contributed by atoms with van der Waals surface area (Å²) < 4.78 is 25.1. The maximum Gasteiger partial charge on any atom is 0.267 e. The van der Waals surface area contributed by atoms with Crippen molar-refractivity contribution in [1.29, 1.82) is 0 Å². The molecule has 2 atom stereocenters. The first-order valence-electron chi connectivity index (χ1n) is 10.2. The first-order valence-corrected chi connectivity index (χ1v) is 12.9. The number of aryl methyl sites for hydroxylation is 1. The number of thioether (sulfide) groups is 1. The van der Waals surface area contributed by atoms with Gasteiger partial charge in [0.1, 0.15) is 5.82 Å². The Bertz CT molecular complexity index is 1340. The fraction of sp³-hybridized carbons (Fsp3) is 0.364. The normalized spacial score (nSPS) is 18.5. The number of sulfone groups is 1. The lowest BCUT2D eigenvalue weighted by molar-refractivity contribution is -0.130. The Morgan fingerprint density at radius 2 is 2.00 bits per heavy atom. The lowest BCUT2D eigenvalue weighted by Crippen LogP contribution is -2.42. The molecule has 1 saturated heterocycles. The van der Waals surface area contributed by atoms with E-state index in [1.165, 1.54) is 9.47 Å². The van der Waals surface area contributed by atoms with E-state index in [9.17, 15) is 18.0 Å². The van der Waals surface area contributed by atoms with Crippen LogP contribution in [0.25, 0.3) is 16.7 Å². The molecular formula is C22H24N4O4S2. The number of aromatic nitrogens is 3. The van der Waals surface area contributed by atoms with Crippen molar-refractivity contribution in [1.82, 2.24) is 19.4 Å². The predicted octanol–water partition coefficient (Wildman–Crippen LogP) is 2.22. The van der Waals surface area contributed by atoms with Crippen LogP contribution in [0.4, 0.5) is 0 Å². The summed E-state index contributed by atoms with van der Waals surface area (Å²) in [5.41, 5.74) is 1.24. The summed E-state index contributed by atoms with van der Waals surface area (Å²) in [5, 5.41) is 0.248. The van der Waals surface area contributed by atoms with Gasteiger partial charge in [-0.3, -0.25) is 9.59 Å². The standard InChI is InChI=1S/C22H24N4O4S2/c1-14-8-9-19(23-12-14)26-21(28)17-6-4-5-7-18(17)24-22(26)31-15(2)20(27)25(3)16-10-11-32(29,30)13-16/h4-9,12,15-16H,10-11,13H2,1-3H3. The van der Waals surface area contributed by atoms with Gasteiger partial charge in [-0.15, -0.1) is 0 Å². The van der Waals surface area contributed by atoms with Crippen LogP contribution in [0.15, 0.2) is 52.5 Å². The largest absolute Gasteiger partial charge is 0.341 e. The molecule has 2 unspecified atom stereocenters. The van der Waals surface area contributed by atoms with Crippen molar-refractivity contribution >= 4 is 38.4 Å². The monoisotopic (exact) mass is 472 g/mol. The summed E-state index contributed by atoms with van der Waals surface area (Å²) in [6.07, 6.45) is 2.11.